The van der Waals surface area contributed by atoms with E-state index in [9.17, 15) is 4.79 Å². The Kier molecular flexibility index (Phi) is 8.91. The number of nitrogens with one attached hydrogen (secondary N) is 3. The van der Waals surface area contributed by atoms with Crippen LogP contribution in [0.2, 0.25) is 5.02 Å². The van der Waals surface area contributed by atoms with Crippen molar-refractivity contribution in [3.63, 3.8) is 0 Å². The van der Waals surface area contributed by atoms with Crippen molar-refractivity contribution in [1.29, 1.82) is 0 Å². The van der Waals surface area contributed by atoms with E-state index in [0.717, 1.165) is 79.5 Å². The fourth-order valence-corrected chi connectivity index (χ4v) is 4.50. The van der Waals surface area contributed by atoms with Crippen molar-refractivity contribution in [3.8, 4) is 0 Å². The van der Waals surface area contributed by atoms with Gasteiger partial charge in [-0.05, 0) is 71.1 Å². The van der Waals surface area contributed by atoms with E-state index >= 15 is 0 Å². The number of halogens is 1. The molecule has 0 spiro atoms. The van der Waals surface area contributed by atoms with Gasteiger partial charge in [-0.15, -0.1) is 0 Å². The Balaban J connectivity index is 0.000000505. The summed E-state index contributed by atoms with van der Waals surface area (Å²) in [4.78, 5) is 29.7. The van der Waals surface area contributed by atoms with Gasteiger partial charge in [0.1, 0.15) is 17.8 Å². The Bertz CT molecular complexity index is 1270. The first-order valence-electron chi connectivity index (χ1n) is 13.1. The standard InChI is InChI=1S/C23H26ClN7O.C5H13N/c1-29-6-8-31(9-7-29)19-11-17(24)10-18(12-19)27-22-20-13-21(28-23(20)26-14-25-22)16-2-4-30(15-32)5-3-16;1-5(2,3)6-4/h2,10-15H,3-9H2,1H3,(H2,25,26,27,28);6H,1-4H3. The summed E-state index contributed by atoms with van der Waals surface area (Å²) in [6.45, 7) is 11.8. The number of fused-ring (bicyclic) bond motifs is 1. The largest absolute Gasteiger partial charge is 0.369 e. The highest BCUT2D eigenvalue weighted by Crippen LogP contribution is 2.32. The van der Waals surface area contributed by atoms with Gasteiger partial charge in [0, 0.05) is 66.9 Å². The molecule has 204 valence electrons. The number of carbonyl (C=O) groups excluding carboxylic acids is 1. The third kappa shape index (κ3) is 7.24. The molecule has 1 aromatic carbocycles. The van der Waals surface area contributed by atoms with Crippen molar-refractivity contribution in [2.24, 2.45) is 0 Å². The number of aromatic nitrogens is 3. The number of hydrogen-bond acceptors (Lipinski definition) is 7. The number of piperazine rings is 1. The van der Waals surface area contributed by atoms with Gasteiger partial charge in [-0.2, -0.15) is 0 Å². The second-order valence-corrected chi connectivity index (χ2v) is 11.3. The van der Waals surface area contributed by atoms with Crippen LogP contribution in [0, 0.1) is 0 Å². The molecule has 2 aromatic heterocycles. The Morgan fingerprint density at radius 2 is 1.79 bits per heavy atom. The minimum absolute atomic E-state index is 0.292. The molecule has 1 saturated heterocycles. The number of aromatic amines is 1. The normalized spacial score (nSPS) is 16.6. The summed E-state index contributed by atoms with van der Waals surface area (Å²) in [6.07, 6.45) is 5.35. The number of H-pyrrole nitrogens is 1. The molecule has 0 radical (unpaired) electrons. The van der Waals surface area contributed by atoms with E-state index in [1.165, 1.54) is 5.57 Å². The van der Waals surface area contributed by atoms with Crippen LogP contribution in [-0.2, 0) is 4.79 Å². The molecule has 0 unspecified atom stereocenters. The van der Waals surface area contributed by atoms with Gasteiger partial charge in [-0.3, -0.25) is 4.79 Å². The van der Waals surface area contributed by atoms with Crippen LogP contribution in [0.4, 0.5) is 17.2 Å². The molecular formula is C28H39ClN8O. The molecule has 1 amide bonds. The lowest BCUT2D eigenvalue weighted by atomic mass is 10.1. The molecule has 0 bridgehead atoms. The minimum Gasteiger partial charge on any atom is -0.369 e. The van der Waals surface area contributed by atoms with Gasteiger partial charge in [0.25, 0.3) is 0 Å². The summed E-state index contributed by atoms with van der Waals surface area (Å²) < 4.78 is 0. The molecule has 3 aromatic rings. The Morgan fingerprint density at radius 1 is 1.05 bits per heavy atom. The molecule has 4 heterocycles. The maximum Gasteiger partial charge on any atom is 0.209 e. The maximum atomic E-state index is 11.0. The Hall–Kier alpha value is -3.14. The smallest absolute Gasteiger partial charge is 0.209 e. The van der Waals surface area contributed by atoms with E-state index in [0.29, 0.717) is 17.1 Å². The highest BCUT2D eigenvalue weighted by atomic mass is 35.5. The molecular weight excluding hydrogens is 500 g/mol. The topological polar surface area (TPSA) is 92.4 Å². The molecule has 38 heavy (non-hydrogen) atoms. The molecule has 1 fully saturated rings. The molecule has 9 nitrogen and oxygen atoms in total. The van der Waals surface area contributed by atoms with Gasteiger partial charge in [-0.1, -0.05) is 17.7 Å². The van der Waals surface area contributed by atoms with Gasteiger partial charge in [0.2, 0.25) is 6.41 Å². The van der Waals surface area contributed by atoms with Crippen molar-refractivity contribution in [2.75, 3.05) is 63.6 Å². The van der Waals surface area contributed by atoms with E-state index in [4.69, 9.17) is 11.6 Å². The summed E-state index contributed by atoms with van der Waals surface area (Å²) in [5, 5.41) is 8.16. The van der Waals surface area contributed by atoms with Gasteiger partial charge in [-0.25, -0.2) is 9.97 Å². The van der Waals surface area contributed by atoms with Crippen LogP contribution in [0.5, 0.6) is 0 Å². The molecule has 0 saturated carbocycles. The molecule has 2 aliphatic rings. The Morgan fingerprint density at radius 3 is 2.42 bits per heavy atom. The van der Waals surface area contributed by atoms with Gasteiger partial charge in [0.05, 0.1) is 5.39 Å². The molecule has 5 rings (SSSR count). The number of rotatable bonds is 5. The van der Waals surface area contributed by atoms with Gasteiger partial charge >= 0.3 is 0 Å². The SMILES string of the molecule is CN1CCN(c2cc(Cl)cc(Nc3ncnc4[nH]c(C5=CCN(C=O)CC5)cc34)c2)CC1.CNC(C)(C)C. The maximum absolute atomic E-state index is 11.0. The van der Waals surface area contributed by atoms with E-state index < -0.39 is 0 Å². The predicted molar refractivity (Wildman–Crippen MR) is 157 cm³/mol. The van der Waals surface area contributed by atoms with Crippen molar-refractivity contribution in [2.45, 2.75) is 32.7 Å². The van der Waals surface area contributed by atoms with E-state index in [1.807, 2.05) is 19.2 Å². The van der Waals surface area contributed by atoms with Crippen LogP contribution in [0.1, 0.15) is 32.9 Å². The minimum atomic E-state index is 0.292. The number of benzene rings is 1. The molecule has 2 aliphatic heterocycles. The highest BCUT2D eigenvalue weighted by Gasteiger charge is 2.17. The lowest BCUT2D eigenvalue weighted by Gasteiger charge is -2.34. The summed E-state index contributed by atoms with van der Waals surface area (Å²) in [7, 11) is 4.11. The first kappa shape index (κ1) is 27.9. The fourth-order valence-electron chi connectivity index (χ4n) is 4.27. The number of nitrogens with zero attached hydrogens (tertiary/aromatic N) is 5. The second-order valence-electron chi connectivity index (χ2n) is 10.9. The quantitative estimate of drug-likeness (QED) is 0.416. The average molecular weight is 539 g/mol. The van der Waals surface area contributed by atoms with Crippen LogP contribution in [0.3, 0.4) is 0 Å². The van der Waals surface area contributed by atoms with E-state index in [-0.39, 0.29) is 0 Å². The van der Waals surface area contributed by atoms with Gasteiger partial charge in [0.15, 0.2) is 0 Å². The zero-order valence-corrected chi connectivity index (χ0v) is 23.8. The van der Waals surface area contributed by atoms with Crippen LogP contribution in [-0.4, -0.2) is 90.1 Å². The third-order valence-corrected chi connectivity index (χ3v) is 7.14. The van der Waals surface area contributed by atoms with Crippen molar-refractivity contribution >= 4 is 51.8 Å². The van der Waals surface area contributed by atoms with Crippen molar-refractivity contribution < 1.29 is 4.79 Å². The van der Waals surface area contributed by atoms with E-state index in [1.54, 1.807) is 11.2 Å². The second kappa shape index (κ2) is 12.1. The van der Waals surface area contributed by atoms with Crippen molar-refractivity contribution in [1.82, 2.24) is 30.1 Å². The van der Waals surface area contributed by atoms with Crippen LogP contribution < -0.4 is 15.5 Å². The number of anilines is 3. The number of amides is 1. The first-order valence-corrected chi connectivity index (χ1v) is 13.5. The van der Waals surface area contributed by atoms with Crippen molar-refractivity contribution in [3.05, 3.63) is 47.4 Å². The zero-order valence-electron chi connectivity index (χ0n) is 23.0. The highest BCUT2D eigenvalue weighted by molar-refractivity contribution is 6.31. The van der Waals surface area contributed by atoms with Gasteiger partial charge < -0.3 is 30.3 Å². The first-order chi connectivity index (χ1) is 18.1. The van der Waals surface area contributed by atoms with Crippen LogP contribution in [0.15, 0.2) is 36.7 Å². The molecule has 10 heteroatoms. The fraction of sp³-hybridized carbons (Fsp3) is 0.464. The molecule has 0 atom stereocenters. The van der Waals surface area contributed by atoms with Crippen LogP contribution >= 0.6 is 11.6 Å². The number of hydrogen-bond donors (Lipinski definition) is 3. The average Bonchev–Trinajstić information content (AvgIpc) is 3.34. The number of likely N-dealkylation sites (N-methyl/N-ethyl adjacent to an activating group) is 1. The summed E-state index contributed by atoms with van der Waals surface area (Å²) >= 11 is 6.46. The van der Waals surface area contributed by atoms with E-state index in [2.05, 4.69) is 81.4 Å². The third-order valence-electron chi connectivity index (χ3n) is 6.92. The predicted octanol–water partition coefficient (Wildman–Crippen LogP) is 4.36. The summed E-state index contributed by atoms with van der Waals surface area (Å²) in [6, 6.07) is 8.13. The number of carbonyl (C=O) groups is 1. The lowest BCUT2D eigenvalue weighted by molar-refractivity contribution is -0.117. The monoisotopic (exact) mass is 538 g/mol. The summed E-state index contributed by atoms with van der Waals surface area (Å²) in [5.74, 6) is 0.732. The zero-order chi connectivity index (χ0) is 27.3. The lowest BCUT2D eigenvalue weighted by Crippen LogP contribution is -2.44. The molecule has 0 aliphatic carbocycles. The Labute approximate surface area is 230 Å². The summed E-state index contributed by atoms with van der Waals surface area (Å²) in [5.41, 5.74) is 5.27. The van der Waals surface area contributed by atoms with Crippen LogP contribution in [0.25, 0.3) is 16.6 Å². The molecule has 3 N–H and O–H groups in total.